The van der Waals surface area contributed by atoms with E-state index >= 15 is 0 Å². The van der Waals surface area contributed by atoms with Gasteiger partial charge >= 0.3 is 0 Å². The maximum absolute atomic E-state index is 5.54. The van der Waals surface area contributed by atoms with Crippen molar-refractivity contribution >= 4 is 11.8 Å². The summed E-state index contributed by atoms with van der Waals surface area (Å²) in [5, 5.41) is 0. The fraction of sp³-hybridized carbons (Fsp3) is 0.250. The second-order valence-electron chi connectivity index (χ2n) is 3.36. The van der Waals surface area contributed by atoms with Crippen LogP contribution in [-0.4, -0.2) is 12.3 Å². The molecule has 0 saturated heterocycles. The summed E-state index contributed by atoms with van der Waals surface area (Å²) in [6.07, 6.45) is 3.40. The highest BCUT2D eigenvalue weighted by molar-refractivity contribution is 6.09. The summed E-state index contributed by atoms with van der Waals surface area (Å²) in [6, 6.07) is 10.3. The van der Waals surface area contributed by atoms with Crippen LogP contribution in [0.2, 0.25) is 0 Å². The molecule has 74 valence electrons. The minimum atomic E-state index is 0.300. The highest BCUT2D eigenvalue weighted by atomic mass is 14.7. The Labute approximate surface area is 85.2 Å². The van der Waals surface area contributed by atoms with Gasteiger partial charge in [0, 0.05) is 24.0 Å². The summed E-state index contributed by atoms with van der Waals surface area (Å²) in [6.45, 7) is 4.07. The van der Waals surface area contributed by atoms with Crippen LogP contribution < -0.4 is 5.73 Å². The summed E-state index contributed by atoms with van der Waals surface area (Å²) in [4.78, 5) is 4.30. The summed E-state index contributed by atoms with van der Waals surface area (Å²) < 4.78 is 0. The van der Waals surface area contributed by atoms with Crippen LogP contribution in [0.5, 0.6) is 0 Å². The van der Waals surface area contributed by atoms with Crippen molar-refractivity contribution in [2.75, 3.05) is 0 Å². The molecule has 0 spiro atoms. The van der Waals surface area contributed by atoms with Crippen molar-refractivity contribution in [3.63, 3.8) is 0 Å². The molecular formula is C12H16N2. The third kappa shape index (κ3) is 3.05. The second kappa shape index (κ2) is 5.22. The number of hydrogen-bond donors (Lipinski definition) is 1. The lowest BCUT2D eigenvalue weighted by Gasteiger charge is -2.01. The van der Waals surface area contributed by atoms with Gasteiger partial charge in [0.25, 0.3) is 0 Å². The quantitative estimate of drug-likeness (QED) is 0.727. The van der Waals surface area contributed by atoms with Gasteiger partial charge in [0.15, 0.2) is 0 Å². The number of hydrogen-bond acceptors (Lipinski definition) is 2. The number of nitrogens with two attached hydrogens (primary N) is 1. The number of rotatable bonds is 3. The van der Waals surface area contributed by atoms with Crippen molar-refractivity contribution in [2.24, 2.45) is 10.7 Å². The number of allylic oxidation sites excluding steroid dienone is 1. The van der Waals surface area contributed by atoms with Crippen LogP contribution in [0.25, 0.3) is 5.57 Å². The Hall–Kier alpha value is -1.57. The van der Waals surface area contributed by atoms with Gasteiger partial charge in [0.2, 0.25) is 0 Å². The highest BCUT2D eigenvalue weighted by Gasteiger charge is 1.96. The van der Waals surface area contributed by atoms with E-state index in [1.165, 1.54) is 0 Å². The van der Waals surface area contributed by atoms with Gasteiger partial charge in [-0.05, 0) is 19.4 Å². The number of nitrogens with zero attached hydrogens (tertiary/aromatic N) is 1. The van der Waals surface area contributed by atoms with E-state index in [1.807, 2.05) is 50.4 Å². The zero-order valence-corrected chi connectivity index (χ0v) is 8.64. The van der Waals surface area contributed by atoms with E-state index in [0.717, 1.165) is 11.1 Å². The topological polar surface area (TPSA) is 38.4 Å². The molecule has 2 heteroatoms. The zero-order chi connectivity index (χ0) is 10.4. The molecule has 2 nitrogen and oxygen atoms in total. The van der Waals surface area contributed by atoms with Gasteiger partial charge < -0.3 is 5.73 Å². The van der Waals surface area contributed by atoms with Crippen LogP contribution in [0.15, 0.2) is 41.5 Å². The molecule has 0 aliphatic carbocycles. The van der Waals surface area contributed by atoms with Crippen molar-refractivity contribution in [1.82, 2.24) is 0 Å². The van der Waals surface area contributed by atoms with Crippen LogP contribution in [0, 0.1) is 0 Å². The lowest BCUT2D eigenvalue weighted by molar-refractivity contribution is 0.842. The molecule has 0 heterocycles. The molecule has 0 aliphatic rings. The predicted molar refractivity (Wildman–Crippen MR) is 62.2 cm³/mol. The maximum Gasteiger partial charge on any atom is 0.0443 e. The van der Waals surface area contributed by atoms with Crippen LogP contribution in [0.4, 0.5) is 0 Å². The molecule has 0 atom stereocenters. The van der Waals surface area contributed by atoms with E-state index in [0.29, 0.717) is 6.04 Å². The first-order chi connectivity index (χ1) is 6.74. The predicted octanol–water partition coefficient (Wildman–Crippen LogP) is 2.47. The minimum absolute atomic E-state index is 0.300. The van der Waals surface area contributed by atoms with Crippen molar-refractivity contribution < 1.29 is 0 Å². The van der Waals surface area contributed by atoms with E-state index in [1.54, 1.807) is 6.20 Å². The fourth-order valence-corrected chi connectivity index (χ4v) is 1.07. The summed E-state index contributed by atoms with van der Waals surface area (Å²) in [5.41, 5.74) is 7.59. The minimum Gasteiger partial charge on any atom is -0.404 e. The van der Waals surface area contributed by atoms with Crippen molar-refractivity contribution in [3.8, 4) is 0 Å². The Morgan fingerprint density at radius 1 is 1.29 bits per heavy atom. The largest absolute Gasteiger partial charge is 0.404 e. The normalized spacial score (nSPS) is 12.6. The fourth-order valence-electron chi connectivity index (χ4n) is 1.07. The van der Waals surface area contributed by atoms with Crippen LogP contribution >= 0.6 is 0 Å². The number of aliphatic imine (C=N–C) groups is 1. The van der Waals surface area contributed by atoms with Crippen molar-refractivity contribution in [1.29, 1.82) is 0 Å². The van der Waals surface area contributed by atoms with Crippen LogP contribution in [0.1, 0.15) is 19.4 Å². The molecule has 1 aromatic rings. The Kier molecular flexibility index (Phi) is 3.92. The third-order valence-corrected chi connectivity index (χ3v) is 1.80. The maximum atomic E-state index is 5.54. The summed E-state index contributed by atoms with van der Waals surface area (Å²) >= 11 is 0. The molecule has 14 heavy (non-hydrogen) atoms. The van der Waals surface area contributed by atoms with Gasteiger partial charge in [-0.15, -0.1) is 0 Å². The molecule has 0 amide bonds. The monoisotopic (exact) mass is 188 g/mol. The molecule has 2 N–H and O–H groups in total. The molecule has 0 bridgehead atoms. The molecule has 0 radical (unpaired) electrons. The van der Waals surface area contributed by atoms with Crippen LogP contribution in [-0.2, 0) is 0 Å². The van der Waals surface area contributed by atoms with E-state index < -0.39 is 0 Å². The zero-order valence-electron chi connectivity index (χ0n) is 8.64. The van der Waals surface area contributed by atoms with Gasteiger partial charge in [-0.2, -0.15) is 0 Å². The third-order valence-electron chi connectivity index (χ3n) is 1.80. The van der Waals surface area contributed by atoms with Gasteiger partial charge in [-0.3, -0.25) is 4.99 Å². The first kappa shape index (κ1) is 10.5. The molecule has 0 aliphatic heterocycles. The molecular weight excluding hydrogens is 172 g/mol. The van der Waals surface area contributed by atoms with Crippen molar-refractivity contribution in [2.45, 2.75) is 19.9 Å². The van der Waals surface area contributed by atoms with Gasteiger partial charge in [-0.25, -0.2) is 0 Å². The molecule has 0 fully saturated rings. The standard InChI is InChI=1S/C12H16N2/c1-10(2)14-9-12(8-13)11-6-4-3-5-7-11/h3-10H,13H2,1-2H3/b12-8+,14-9?. The van der Waals surface area contributed by atoms with E-state index in [2.05, 4.69) is 4.99 Å². The smallest absolute Gasteiger partial charge is 0.0443 e. The van der Waals surface area contributed by atoms with Gasteiger partial charge in [0.1, 0.15) is 0 Å². The first-order valence-corrected chi connectivity index (χ1v) is 4.74. The van der Waals surface area contributed by atoms with E-state index in [9.17, 15) is 0 Å². The SMILES string of the molecule is CC(C)N=C/C(=C\N)c1ccccc1. The Bertz CT molecular complexity index is 323. The average Bonchev–Trinajstić information content (AvgIpc) is 2.20. The molecule has 0 saturated carbocycles. The molecule has 0 unspecified atom stereocenters. The summed E-state index contributed by atoms with van der Waals surface area (Å²) in [7, 11) is 0. The Morgan fingerprint density at radius 3 is 2.43 bits per heavy atom. The molecule has 0 aromatic heterocycles. The van der Waals surface area contributed by atoms with E-state index in [4.69, 9.17) is 5.73 Å². The Morgan fingerprint density at radius 2 is 1.93 bits per heavy atom. The van der Waals surface area contributed by atoms with Gasteiger partial charge in [0.05, 0.1) is 0 Å². The molecule has 1 aromatic carbocycles. The first-order valence-electron chi connectivity index (χ1n) is 4.74. The number of benzene rings is 1. The van der Waals surface area contributed by atoms with Crippen LogP contribution in [0.3, 0.4) is 0 Å². The summed E-state index contributed by atoms with van der Waals surface area (Å²) in [5.74, 6) is 0. The highest BCUT2D eigenvalue weighted by Crippen LogP contribution is 2.10. The van der Waals surface area contributed by atoms with E-state index in [-0.39, 0.29) is 0 Å². The Balaban J connectivity index is 2.85. The van der Waals surface area contributed by atoms with Gasteiger partial charge in [-0.1, -0.05) is 30.3 Å². The van der Waals surface area contributed by atoms with Crippen molar-refractivity contribution in [3.05, 3.63) is 42.1 Å². The second-order valence-corrected chi connectivity index (χ2v) is 3.36. The lowest BCUT2D eigenvalue weighted by Crippen LogP contribution is -1.94. The lowest BCUT2D eigenvalue weighted by atomic mass is 10.1. The molecule has 1 rings (SSSR count). The average molecular weight is 188 g/mol.